The van der Waals surface area contributed by atoms with Crippen LogP contribution in [0, 0.1) is 11.8 Å². The van der Waals surface area contributed by atoms with Gasteiger partial charge in [0.25, 0.3) is 0 Å². The Labute approximate surface area is 72.4 Å². The largest absolute Gasteiger partial charge is 0.481 e. The third-order valence-electron chi connectivity index (χ3n) is 2.39. The molecule has 0 aromatic heterocycles. The lowest BCUT2D eigenvalue weighted by Crippen LogP contribution is -2.23. The minimum Gasteiger partial charge on any atom is -0.481 e. The molecule has 64 valence electrons. The highest BCUT2D eigenvalue weighted by atomic mass is 32.1. The van der Waals surface area contributed by atoms with Crippen molar-refractivity contribution in [2.24, 2.45) is 11.8 Å². The van der Waals surface area contributed by atoms with Crippen LogP contribution in [-0.4, -0.2) is 16.8 Å². The zero-order valence-electron chi connectivity index (χ0n) is 6.49. The topological polar surface area (TPSA) is 37.3 Å². The fourth-order valence-corrected chi connectivity index (χ4v) is 2.01. The molecule has 0 radical (unpaired) electrons. The number of thiol groups is 1. The minimum atomic E-state index is -0.628. The lowest BCUT2D eigenvalue weighted by atomic mass is 9.82. The molecule has 1 aliphatic rings. The minimum absolute atomic E-state index is 0.0964. The fourth-order valence-electron chi connectivity index (χ4n) is 1.68. The molecule has 0 heterocycles. The Morgan fingerprint density at radius 2 is 2.27 bits per heavy atom. The molecule has 2 unspecified atom stereocenters. The van der Waals surface area contributed by atoms with Gasteiger partial charge in [-0.15, -0.1) is 0 Å². The number of carbonyl (C=O) groups is 1. The van der Waals surface area contributed by atoms with Crippen molar-refractivity contribution in [1.29, 1.82) is 0 Å². The van der Waals surface area contributed by atoms with Gasteiger partial charge < -0.3 is 5.11 Å². The molecular weight excluding hydrogens is 160 g/mol. The zero-order valence-corrected chi connectivity index (χ0v) is 7.39. The molecule has 2 nitrogen and oxygen atoms in total. The summed E-state index contributed by atoms with van der Waals surface area (Å²) in [5, 5.41) is 8.73. The lowest BCUT2D eigenvalue weighted by Gasteiger charge is -2.24. The van der Waals surface area contributed by atoms with Gasteiger partial charge in [0, 0.05) is 0 Å². The van der Waals surface area contributed by atoms with E-state index < -0.39 is 5.97 Å². The predicted molar refractivity (Wildman–Crippen MR) is 46.9 cm³/mol. The van der Waals surface area contributed by atoms with Crippen molar-refractivity contribution in [1.82, 2.24) is 0 Å². The summed E-state index contributed by atoms with van der Waals surface area (Å²) in [6.45, 7) is 0. The van der Waals surface area contributed by atoms with E-state index in [0.29, 0.717) is 5.92 Å². The first kappa shape index (κ1) is 8.91. The Morgan fingerprint density at radius 3 is 2.82 bits per heavy atom. The van der Waals surface area contributed by atoms with Crippen LogP contribution in [0.25, 0.3) is 0 Å². The molecule has 0 amide bonds. The summed E-state index contributed by atoms with van der Waals surface area (Å²) in [6, 6.07) is 0. The van der Waals surface area contributed by atoms with Crippen molar-refractivity contribution in [3.63, 3.8) is 0 Å². The Bertz CT molecular complexity index is 147. The summed E-state index contributed by atoms with van der Waals surface area (Å²) >= 11 is 4.18. The van der Waals surface area contributed by atoms with Crippen LogP contribution in [0.2, 0.25) is 0 Å². The molecular formula is C8H14O2S. The van der Waals surface area contributed by atoms with Crippen molar-refractivity contribution in [3.05, 3.63) is 0 Å². The molecule has 0 bridgehead atoms. The van der Waals surface area contributed by atoms with Crippen molar-refractivity contribution in [2.75, 3.05) is 5.75 Å². The van der Waals surface area contributed by atoms with Crippen LogP contribution in [0.5, 0.6) is 0 Å². The molecule has 11 heavy (non-hydrogen) atoms. The quantitative estimate of drug-likeness (QED) is 0.626. The first-order chi connectivity index (χ1) is 5.24. The Morgan fingerprint density at radius 1 is 1.55 bits per heavy atom. The third kappa shape index (κ3) is 2.40. The maximum absolute atomic E-state index is 10.6. The zero-order chi connectivity index (χ0) is 8.27. The fraction of sp³-hybridized carbons (Fsp3) is 0.875. The van der Waals surface area contributed by atoms with Gasteiger partial charge in [0.15, 0.2) is 0 Å². The highest BCUT2D eigenvalue weighted by Gasteiger charge is 2.25. The van der Waals surface area contributed by atoms with E-state index in [1.807, 2.05) is 0 Å². The van der Waals surface area contributed by atoms with Gasteiger partial charge in [-0.3, -0.25) is 4.79 Å². The van der Waals surface area contributed by atoms with Gasteiger partial charge in [0.2, 0.25) is 0 Å². The number of hydrogen-bond acceptors (Lipinski definition) is 2. The molecule has 1 rings (SSSR count). The molecule has 2 atom stereocenters. The number of carboxylic acid groups (broad SMARTS) is 1. The Balaban J connectivity index is 2.39. The maximum atomic E-state index is 10.6. The number of rotatable bonds is 2. The van der Waals surface area contributed by atoms with Crippen LogP contribution in [0.15, 0.2) is 0 Å². The first-order valence-corrected chi connectivity index (χ1v) is 4.71. The number of aliphatic carboxylic acids is 1. The van der Waals surface area contributed by atoms with Crippen LogP contribution in [0.3, 0.4) is 0 Å². The summed E-state index contributed by atoms with van der Waals surface area (Å²) in [4.78, 5) is 10.6. The highest BCUT2D eigenvalue weighted by molar-refractivity contribution is 7.80. The normalized spacial score (nSPS) is 31.7. The van der Waals surface area contributed by atoms with E-state index in [9.17, 15) is 4.79 Å². The predicted octanol–water partition coefficient (Wildman–Crippen LogP) is 1.81. The van der Waals surface area contributed by atoms with Gasteiger partial charge in [0.1, 0.15) is 0 Å². The van der Waals surface area contributed by atoms with Gasteiger partial charge in [-0.1, -0.05) is 6.42 Å². The molecule has 0 spiro atoms. The molecule has 0 aromatic carbocycles. The van der Waals surface area contributed by atoms with E-state index in [1.54, 1.807) is 0 Å². The number of carboxylic acids is 1. The summed E-state index contributed by atoms with van der Waals surface area (Å²) in [5.74, 6) is 0.648. The van der Waals surface area contributed by atoms with Crippen molar-refractivity contribution >= 4 is 18.6 Å². The number of hydrogen-bond donors (Lipinski definition) is 2. The van der Waals surface area contributed by atoms with E-state index in [0.717, 1.165) is 31.4 Å². The van der Waals surface area contributed by atoms with Gasteiger partial charge in [-0.2, -0.15) is 12.6 Å². The molecule has 1 saturated carbocycles. The Kier molecular flexibility index (Phi) is 3.24. The molecule has 1 aliphatic carbocycles. The third-order valence-corrected chi connectivity index (χ3v) is 2.91. The second-order valence-electron chi connectivity index (χ2n) is 3.25. The standard InChI is InChI=1S/C8H14O2S/c9-8(10)7-3-1-2-6(4-7)5-11/h6-7,11H,1-5H2,(H,9,10). The van der Waals surface area contributed by atoms with E-state index in [1.165, 1.54) is 0 Å². The van der Waals surface area contributed by atoms with Crippen LogP contribution in [-0.2, 0) is 4.79 Å². The molecule has 0 saturated heterocycles. The molecule has 0 aromatic rings. The lowest BCUT2D eigenvalue weighted by molar-refractivity contribution is -0.143. The second kappa shape index (κ2) is 4.00. The second-order valence-corrected chi connectivity index (χ2v) is 3.62. The van der Waals surface area contributed by atoms with E-state index in [2.05, 4.69) is 12.6 Å². The van der Waals surface area contributed by atoms with E-state index >= 15 is 0 Å². The van der Waals surface area contributed by atoms with Crippen LogP contribution in [0.1, 0.15) is 25.7 Å². The average Bonchev–Trinajstić information content (AvgIpc) is 2.05. The SMILES string of the molecule is O=C(O)C1CCCC(CS)C1. The van der Waals surface area contributed by atoms with Gasteiger partial charge in [-0.25, -0.2) is 0 Å². The van der Waals surface area contributed by atoms with Crippen LogP contribution >= 0.6 is 12.6 Å². The summed E-state index contributed by atoms with van der Waals surface area (Å²) in [5.41, 5.74) is 0. The van der Waals surface area contributed by atoms with Crippen molar-refractivity contribution in [3.8, 4) is 0 Å². The first-order valence-electron chi connectivity index (χ1n) is 4.07. The molecule has 3 heteroatoms. The van der Waals surface area contributed by atoms with Gasteiger partial charge in [-0.05, 0) is 30.9 Å². The van der Waals surface area contributed by atoms with Crippen LogP contribution < -0.4 is 0 Å². The molecule has 0 aliphatic heterocycles. The van der Waals surface area contributed by atoms with Crippen molar-refractivity contribution < 1.29 is 9.90 Å². The maximum Gasteiger partial charge on any atom is 0.306 e. The van der Waals surface area contributed by atoms with Gasteiger partial charge >= 0.3 is 5.97 Å². The Hall–Kier alpha value is -0.180. The van der Waals surface area contributed by atoms with Gasteiger partial charge in [0.05, 0.1) is 5.92 Å². The van der Waals surface area contributed by atoms with E-state index in [-0.39, 0.29) is 5.92 Å². The van der Waals surface area contributed by atoms with Crippen molar-refractivity contribution in [2.45, 2.75) is 25.7 Å². The molecule has 1 N–H and O–H groups in total. The smallest absolute Gasteiger partial charge is 0.306 e. The van der Waals surface area contributed by atoms with Crippen LogP contribution in [0.4, 0.5) is 0 Å². The highest BCUT2D eigenvalue weighted by Crippen LogP contribution is 2.29. The average molecular weight is 174 g/mol. The molecule has 1 fully saturated rings. The summed E-state index contributed by atoms with van der Waals surface area (Å²) in [7, 11) is 0. The summed E-state index contributed by atoms with van der Waals surface area (Å²) in [6.07, 6.45) is 3.91. The monoisotopic (exact) mass is 174 g/mol. The van der Waals surface area contributed by atoms with E-state index in [4.69, 9.17) is 5.11 Å². The summed E-state index contributed by atoms with van der Waals surface area (Å²) < 4.78 is 0.